The third-order valence-corrected chi connectivity index (χ3v) is 3.38. The molecule has 1 aliphatic carbocycles. The molecule has 0 aliphatic heterocycles. The average Bonchev–Trinajstić information content (AvgIpc) is 2.28. The number of ether oxygens (including phenoxy) is 1. The Labute approximate surface area is 114 Å². The summed E-state index contributed by atoms with van der Waals surface area (Å²) < 4.78 is 6.00. The van der Waals surface area contributed by atoms with Gasteiger partial charge in [-0.25, -0.2) is 0 Å². The lowest BCUT2D eigenvalue weighted by Gasteiger charge is -2.19. The highest BCUT2D eigenvalue weighted by molar-refractivity contribution is 9.10. The molecule has 0 unspecified atom stereocenters. The fraction of sp³-hybridized carbons (Fsp3) is 0.385. The van der Waals surface area contributed by atoms with Gasteiger partial charge in [-0.2, -0.15) is 0 Å². The molecule has 0 N–H and O–H groups in total. The van der Waals surface area contributed by atoms with Crippen molar-refractivity contribution in [1.29, 1.82) is 0 Å². The maximum absolute atomic E-state index is 11.0. The lowest BCUT2D eigenvalue weighted by atomic mass is 9.90. The molecule has 0 bridgehead atoms. The van der Waals surface area contributed by atoms with Gasteiger partial charge in [-0.1, -0.05) is 5.16 Å². The van der Waals surface area contributed by atoms with E-state index in [1.54, 1.807) is 13.2 Å². The second-order valence-corrected chi connectivity index (χ2v) is 4.96. The molecule has 4 nitrogen and oxygen atoms in total. The summed E-state index contributed by atoms with van der Waals surface area (Å²) in [6.07, 6.45) is 2.86. The Bertz CT molecular complexity index is 511. The molecule has 0 saturated carbocycles. The van der Waals surface area contributed by atoms with Crippen molar-refractivity contribution in [3.8, 4) is 5.75 Å². The number of carbonyl (C=O) groups excluding carboxylic acids is 1. The van der Waals surface area contributed by atoms with Crippen molar-refractivity contribution in [3.63, 3.8) is 0 Å². The average molecular weight is 312 g/mol. The van der Waals surface area contributed by atoms with Crippen LogP contribution in [0.2, 0.25) is 0 Å². The predicted molar refractivity (Wildman–Crippen MR) is 71.9 cm³/mol. The van der Waals surface area contributed by atoms with Gasteiger partial charge in [-0.3, -0.25) is 4.79 Å². The van der Waals surface area contributed by atoms with E-state index < -0.39 is 0 Å². The smallest absolute Gasteiger partial charge is 0.308 e. The SMILES string of the molecule is CO/N=C1\CCCc2cc(OC(C)=O)cc(Br)c21. The summed E-state index contributed by atoms with van der Waals surface area (Å²) in [6.45, 7) is 1.39. The molecule has 18 heavy (non-hydrogen) atoms. The maximum atomic E-state index is 11.0. The molecule has 0 fully saturated rings. The number of benzene rings is 1. The van der Waals surface area contributed by atoms with Crippen LogP contribution >= 0.6 is 15.9 Å². The summed E-state index contributed by atoms with van der Waals surface area (Å²) in [5, 5.41) is 4.06. The molecule has 1 aromatic rings. The van der Waals surface area contributed by atoms with Crippen molar-refractivity contribution in [1.82, 2.24) is 0 Å². The summed E-state index contributed by atoms with van der Waals surface area (Å²) in [5.74, 6) is 0.246. The van der Waals surface area contributed by atoms with E-state index in [2.05, 4.69) is 21.1 Å². The van der Waals surface area contributed by atoms with Gasteiger partial charge >= 0.3 is 5.97 Å². The first-order valence-corrected chi connectivity index (χ1v) is 6.52. The van der Waals surface area contributed by atoms with Gasteiger partial charge in [0.25, 0.3) is 0 Å². The number of aryl methyl sites for hydroxylation is 1. The van der Waals surface area contributed by atoms with Gasteiger partial charge in [-0.15, -0.1) is 0 Å². The van der Waals surface area contributed by atoms with Crippen LogP contribution in [-0.4, -0.2) is 18.8 Å². The van der Waals surface area contributed by atoms with Crippen LogP contribution in [0.25, 0.3) is 0 Å². The third kappa shape index (κ3) is 2.72. The van der Waals surface area contributed by atoms with E-state index in [9.17, 15) is 4.79 Å². The number of nitrogens with zero attached hydrogens (tertiary/aromatic N) is 1. The Balaban J connectivity index is 2.45. The second kappa shape index (κ2) is 5.52. The Morgan fingerprint density at radius 3 is 2.83 bits per heavy atom. The van der Waals surface area contributed by atoms with Crippen molar-refractivity contribution in [2.75, 3.05) is 7.11 Å². The Kier molecular flexibility index (Phi) is 4.01. The normalized spacial score (nSPS) is 16.3. The number of fused-ring (bicyclic) bond motifs is 1. The Morgan fingerprint density at radius 2 is 2.17 bits per heavy atom. The van der Waals surface area contributed by atoms with Crippen LogP contribution in [0.15, 0.2) is 21.8 Å². The summed E-state index contributed by atoms with van der Waals surface area (Å²) in [6, 6.07) is 3.68. The van der Waals surface area contributed by atoms with E-state index in [-0.39, 0.29) is 5.97 Å². The van der Waals surface area contributed by atoms with Crippen molar-refractivity contribution in [3.05, 3.63) is 27.7 Å². The number of esters is 1. The number of oxime groups is 1. The van der Waals surface area contributed by atoms with E-state index in [4.69, 9.17) is 9.57 Å². The number of carbonyl (C=O) groups is 1. The molecule has 96 valence electrons. The lowest BCUT2D eigenvalue weighted by molar-refractivity contribution is -0.131. The van der Waals surface area contributed by atoms with Gasteiger partial charge in [0.1, 0.15) is 12.9 Å². The van der Waals surface area contributed by atoms with Crippen LogP contribution in [-0.2, 0) is 16.1 Å². The highest BCUT2D eigenvalue weighted by atomic mass is 79.9. The Morgan fingerprint density at radius 1 is 1.39 bits per heavy atom. The molecule has 0 heterocycles. The van der Waals surface area contributed by atoms with E-state index in [1.165, 1.54) is 6.92 Å². The molecule has 0 spiro atoms. The minimum Gasteiger partial charge on any atom is -0.427 e. The number of hydrogen-bond acceptors (Lipinski definition) is 4. The summed E-state index contributed by atoms with van der Waals surface area (Å²) in [4.78, 5) is 15.8. The molecule has 0 saturated heterocycles. The molecule has 2 rings (SSSR count). The standard InChI is InChI=1S/C13H14BrNO3/c1-8(16)18-10-6-9-4-3-5-12(15-17-2)13(9)11(14)7-10/h6-7H,3-5H2,1-2H3/b15-12+. The fourth-order valence-corrected chi connectivity index (χ4v) is 2.86. The molecule has 0 atom stereocenters. The zero-order chi connectivity index (χ0) is 13.1. The Hall–Kier alpha value is -1.36. The molecule has 0 radical (unpaired) electrons. The van der Waals surface area contributed by atoms with Gasteiger partial charge in [-0.05, 0) is 52.9 Å². The topological polar surface area (TPSA) is 47.9 Å². The number of halogens is 1. The van der Waals surface area contributed by atoms with Crippen LogP contribution in [0.5, 0.6) is 5.75 Å². The highest BCUT2D eigenvalue weighted by Gasteiger charge is 2.20. The number of hydrogen-bond donors (Lipinski definition) is 0. The zero-order valence-electron chi connectivity index (χ0n) is 10.3. The van der Waals surface area contributed by atoms with Gasteiger partial charge < -0.3 is 9.57 Å². The highest BCUT2D eigenvalue weighted by Crippen LogP contribution is 2.33. The van der Waals surface area contributed by atoms with E-state index in [1.807, 2.05) is 6.07 Å². The summed E-state index contributed by atoms with van der Waals surface area (Å²) in [5.41, 5.74) is 3.11. The van der Waals surface area contributed by atoms with Crippen LogP contribution in [0.4, 0.5) is 0 Å². The minimum absolute atomic E-state index is 0.316. The van der Waals surface area contributed by atoms with Crippen molar-refractivity contribution < 1.29 is 14.4 Å². The third-order valence-electron chi connectivity index (χ3n) is 2.76. The van der Waals surface area contributed by atoms with Crippen LogP contribution < -0.4 is 4.74 Å². The van der Waals surface area contributed by atoms with Crippen LogP contribution in [0.3, 0.4) is 0 Å². The first-order chi connectivity index (χ1) is 8.61. The van der Waals surface area contributed by atoms with Crippen molar-refractivity contribution >= 4 is 27.6 Å². The van der Waals surface area contributed by atoms with Gasteiger partial charge in [0.2, 0.25) is 0 Å². The van der Waals surface area contributed by atoms with E-state index in [0.717, 1.165) is 40.6 Å². The first-order valence-electron chi connectivity index (χ1n) is 5.73. The molecule has 5 heteroatoms. The zero-order valence-corrected chi connectivity index (χ0v) is 11.9. The van der Waals surface area contributed by atoms with E-state index >= 15 is 0 Å². The molecule has 1 aliphatic rings. The molecule has 1 aromatic carbocycles. The minimum atomic E-state index is -0.316. The quantitative estimate of drug-likeness (QED) is 0.479. The monoisotopic (exact) mass is 311 g/mol. The molecule has 0 amide bonds. The lowest BCUT2D eigenvalue weighted by Crippen LogP contribution is -2.14. The van der Waals surface area contributed by atoms with Gasteiger partial charge in [0.05, 0.1) is 5.71 Å². The summed E-state index contributed by atoms with van der Waals surface area (Å²) in [7, 11) is 1.54. The second-order valence-electron chi connectivity index (χ2n) is 4.11. The largest absolute Gasteiger partial charge is 0.427 e. The molecular weight excluding hydrogens is 298 g/mol. The fourth-order valence-electron chi connectivity index (χ4n) is 2.15. The van der Waals surface area contributed by atoms with Gasteiger partial charge in [0, 0.05) is 17.0 Å². The first kappa shape index (κ1) is 13.1. The van der Waals surface area contributed by atoms with Gasteiger partial charge in [0.15, 0.2) is 0 Å². The van der Waals surface area contributed by atoms with Crippen LogP contribution in [0.1, 0.15) is 30.9 Å². The molecular formula is C13H14BrNO3. The van der Waals surface area contributed by atoms with E-state index in [0.29, 0.717) is 5.75 Å². The van der Waals surface area contributed by atoms with Crippen LogP contribution in [0, 0.1) is 0 Å². The van der Waals surface area contributed by atoms with Crippen molar-refractivity contribution in [2.24, 2.45) is 5.16 Å². The molecule has 0 aromatic heterocycles. The predicted octanol–water partition coefficient (Wildman–Crippen LogP) is 3.06. The number of rotatable bonds is 2. The summed E-state index contributed by atoms with van der Waals surface area (Å²) >= 11 is 3.51. The van der Waals surface area contributed by atoms with Crippen molar-refractivity contribution in [2.45, 2.75) is 26.2 Å². The maximum Gasteiger partial charge on any atom is 0.308 e.